The first kappa shape index (κ1) is 14.6. The van der Waals surface area contributed by atoms with E-state index in [0.717, 1.165) is 18.5 Å². The summed E-state index contributed by atoms with van der Waals surface area (Å²) in [4.78, 5) is 14.3. The molecule has 1 aromatic carbocycles. The van der Waals surface area contributed by atoms with Gasteiger partial charge in [0.1, 0.15) is 0 Å². The van der Waals surface area contributed by atoms with Crippen LogP contribution in [0.3, 0.4) is 0 Å². The lowest BCUT2D eigenvalue weighted by Crippen LogP contribution is -2.44. The highest BCUT2D eigenvalue weighted by Crippen LogP contribution is 2.21. The maximum Gasteiger partial charge on any atom is 0.278 e. The predicted molar refractivity (Wildman–Crippen MR) is 83.2 cm³/mol. The van der Waals surface area contributed by atoms with E-state index in [4.69, 9.17) is 0 Å². The lowest BCUT2D eigenvalue weighted by molar-refractivity contribution is 0.0698. The third kappa shape index (κ3) is 2.82. The number of benzene rings is 1. The van der Waals surface area contributed by atoms with Crippen LogP contribution in [0.25, 0.3) is 5.69 Å². The molecule has 2 aromatic rings. The molecular formula is C16H20N4O2. The first-order valence-electron chi connectivity index (χ1n) is 7.49. The molecule has 3 rings (SSSR count). The summed E-state index contributed by atoms with van der Waals surface area (Å²) in [6.07, 6.45) is 3.31. The summed E-state index contributed by atoms with van der Waals surface area (Å²) in [5.74, 6) is -0.286. The van der Waals surface area contributed by atoms with Crippen molar-refractivity contribution in [1.29, 1.82) is 0 Å². The van der Waals surface area contributed by atoms with E-state index in [9.17, 15) is 9.90 Å². The first-order chi connectivity index (χ1) is 10.7. The van der Waals surface area contributed by atoms with Crippen molar-refractivity contribution in [3.05, 3.63) is 42.2 Å². The zero-order valence-electron chi connectivity index (χ0n) is 12.6. The number of amides is 1. The molecule has 0 spiro atoms. The van der Waals surface area contributed by atoms with Gasteiger partial charge in [0.15, 0.2) is 11.4 Å². The minimum atomic E-state index is -0.207. The molecule has 116 valence electrons. The van der Waals surface area contributed by atoms with E-state index in [2.05, 4.69) is 10.4 Å². The van der Waals surface area contributed by atoms with Gasteiger partial charge in [0.25, 0.3) is 5.91 Å². The molecule has 6 heteroatoms. The Kier molecular flexibility index (Phi) is 4.11. The number of nitrogens with one attached hydrogen (secondary N) is 1. The molecule has 2 heterocycles. The van der Waals surface area contributed by atoms with E-state index < -0.39 is 0 Å². The van der Waals surface area contributed by atoms with Crippen molar-refractivity contribution in [2.75, 3.05) is 20.1 Å². The molecule has 0 unspecified atom stereocenters. The van der Waals surface area contributed by atoms with Crippen molar-refractivity contribution in [3.8, 4) is 11.4 Å². The molecule has 6 nitrogen and oxygen atoms in total. The van der Waals surface area contributed by atoms with E-state index in [-0.39, 0.29) is 17.4 Å². The van der Waals surface area contributed by atoms with E-state index >= 15 is 0 Å². The second-order valence-corrected chi connectivity index (χ2v) is 5.50. The molecule has 0 bridgehead atoms. The number of aromatic nitrogens is 2. The Labute approximate surface area is 129 Å². The van der Waals surface area contributed by atoms with E-state index in [1.165, 1.54) is 10.9 Å². The molecule has 0 radical (unpaired) electrons. The SMILES string of the molecule is CNC1CCN(C(=O)c2nn(-c3ccccc3)cc2O)CC1. The Morgan fingerprint density at radius 1 is 1.27 bits per heavy atom. The molecule has 1 fully saturated rings. The quantitative estimate of drug-likeness (QED) is 0.899. The van der Waals surface area contributed by atoms with Gasteiger partial charge in [-0.15, -0.1) is 0 Å². The molecule has 22 heavy (non-hydrogen) atoms. The van der Waals surface area contributed by atoms with Gasteiger partial charge in [-0.3, -0.25) is 4.79 Å². The molecule has 1 aromatic heterocycles. The van der Waals surface area contributed by atoms with Gasteiger partial charge in [-0.2, -0.15) is 5.10 Å². The van der Waals surface area contributed by atoms with Crippen LogP contribution in [0.5, 0.6) is 5.75 Å². The minimum Gasteiger partial charge on any atom is -0.504 e. The summed E-state index contributed by atoms with van der Waals surface area (Å²) in [5.41, 5.74) is 0.928. The Morgan fingerprint density at radius 2 is 1.95 bits per heavy atom. The van der Waals surface area contributed by atoms with Crippen molar-refractivity contribution in [2.45, 2.75) is 18.9 Å². The molecular weight excluding hydrogens is 280 g/mol. The number of hydrogen-bond acceptors (Lipinski definition) is 4. The number of aromatic hydroxyl groups is 1. The highest BCUT2D eigenvalue weighted by molar-refractivity contribution is 5.94. The number of hydrogen-bond donors (Lipinski definition) is 2. The maximum atomic E-state index is 12.5. The third-order valence-electron chi connectivity index (χ3n) is 4.11. The normalized spacial score (nSPS) is 16.0. The second kappa shape index (κ2) is 6.19. The molecule has 2 N–H and O–H groups in total. The number of rotatable bonds is 3. The number of carbonyl (C=O) groups is 1. The van der Waals surface area contributed by atoms with Crippen molar-refractivity contribution in [1.82, 2.24) is 20.0 Å². The summed E-state index contributed by atoms with van der Waals surface area (Å²) in [6, 6.07) is 9.89. The lowest BCUT2D eigenvalue weighted by Gasteiger charge is -2.31. The Balaban J connectivity index is 1.78. The largest absolute Gasteiger partial charge is 0.504 e. The van der Waals surface area contributed by atoms with E-state index in [1.807, 2.05) is 37.4 Å². The maximum absolute atomic E-state index is 12.5. The van der Waals surface area contributed by atoms with Crippen molar-refractivity contribution < 1.29 is 9.90 Å². The fourth-order valence-electron chi connectivity index (χ4n) is 2.75. The van der Waals surface area contributed by atoms with Gasteiger partial charge < -0.3 is 15.3 Å². The van der Waals surface area contributed by atoms with Crippen LogP contribution in [0, 0.1) is 0 Å². The van der Waals surface area contributed by atoms with Gasteiger partial charge in [0, 0.05) is 19.1 Å². The standard InChI is InChI=1S/C16H20N4O2/c1-17-12-7-9-19(10-8-12)16(22)15-14(21)11-20(18-15)13-5-3-2-4-6-13/h2-6,11-12,17,21H,7-10H2,1H3. The average molecular weight is 300 g/mol. The van der Waals surface area contributed by atoms with Crippen LogP contribution in [0.4, 0.5) is 0 Å². The highest BCUT2D eigenvalue weighted by atomic mass is 16.3. The number of likely N-dealkylation sites (tertiary alicyclic amines) is 1. The van der Waals surface area contributed by atoms with Crippen LogP contribution in [-0.4, -0.2) is 51.9 Å². The van der Waals surface area contributed by atoms with Crippen LogP contribution in [0.1, 0.15) is 23.3 Å². The zero-order valence-corrected chi connectivity index (χ0v) is 12.6. The average Bonchev–Trinajstić information content (AvgIpc) is 2.97. The molecule has 1 amide bonds. The second-order valence-electron chi connectivity index (χ2n) is 5.50. The number of nitrogens with zero attached hydrogens (tertiary/aromatic N) is 3. The third-order valence-corrected chi connectivity index (χ3v) is 4.11. The molecule has 1 saturated heterocycles. The summed E-state index contributed by atoms with van der Waals surface area (Å²) in [6.45, 7) is 1.37. The fourth-order valence-corrected chi connectivity index (χ4v) is 2.75. The van der Waals surface area contributed by atoms with Crippen LogP contribution in [-0.2, 0) is 0 Å². The smallest absolute Gasteiger partial charge is 0.278 e. The van der Waals surface area contributed by atoms with Gasteiger partial charge in [0.05, 0.1) is 11.9 Å². The number of para-hydroxylation sites is 1. The summed E-state index contributed by atoms with van der Waals surface area (Å²) >= 11 is 0. The molecule has 0 saturated carbocycles. The minimum absolute atomic E-state index is 0.0791. The topological polar surface area (TPSA) is 70.4 Å². The van der Waals surface area contributed by atoms with Crippen LogP contribution < -0.4 is 5.32 Å². The van der Waals surface area contributed by atoms with E-state index in [0.29, 0.717) is 19.1 Å². The zero-order chi connectivity index (χ0) is 15.5. The summed E-state index contributed by atoms with van der Waals surface area (Å²) in [5, 5.41) is 17.5. The van der Waals surface area contributed by atoms with Gasteiger partial charge in [0.2, 0.25) is 0 Å². The van der Waals surface area contributed by atoms with Crippen LogP contribution in [0.2, 0.25) is 0 Å². The Hall–Kier alpha value is -2.34. The monoisotopic (exact) mass is 300 g/mol. The number of piperidine rings is 1. The van der Waals surface area contributed by atoms with Crippen LogP contribution >= 0.6 is 0 Å². The molecule has 1 aliphatic rings. The molecule has 1 aliphatic heterocycles. The van der Waals surface area contributed by atoms with Crippen molar-refractivity contribution >= 4 is 5.91 Å². The first-order valence-corrected chi connectivity index (χ1v) is 7.49. The Morgan fingerprint density at radius 3 is 2.59 bits per heavy atom. The van der Waals surface area contributed by atoms with Gasteiger partial charge >= 0.3 is 0 Å². The fraction of sp³-hybridized carbons (Fsp3) is 0.375. The van der Waals surface area contributed by atoms with Gasteiger partial charge in [-0.1, -0.05) is 18.2 Å². The molecule has 0 atom stereocenters. The summed E-state index contributed by atoms with van der Waals surface area (Å²) in [7, 11) is 1.94. The van der Waals surface area contributed by atoms with Crippen molar-refractivity contribution in [3.63, 3.8) is 0 Å². The highest BCUT2D eigenvalue weighted by Gasteiger charge is 2.26. The van der Waals surface area contributed by atoms with Gasteiger partial charge in [-0.25, -0.2) is 4.68 Å². The molecule has 0 aliphatic carbocycles. The van der Waals surface area contributed by atoms with Crippen LogP contribution in [0.15, 0.2) is 36.5 Å². The predicted octanol–water partition coefficient (Wildman–Crippen LogP) is 1.40. The lowest BCUT2D eigenvalue weighted by atomic mass is 10.1. The Bertz CT molecular complexity index is 645. The summed E-state index contributed by atoms with van der Waals surface area (Å²) < 4.78 is 1.53. The van der Waals surface area contributed by atoms with Crippen molar-refractivity contribution in [2.24, 2.45) is 0 Å². The number of carbonyl (C=O) groups excluding carboxylic acids is 1. The van der Waals surface area contributed by atoms with E-state index in [1.54, 1.807) is 4.90 Å². The van der Waals surface area contributed by atoms with Gasteiger partial charge in [-0.05, 0) is 32.0 Å².